The van der Waals surface area contributed by atoms with Crippen LogP contribution in [0, 0.1) is 0 Å². The molecule has 7 nitrogen and oxygen atoms in total. The first-order valence-electron chi connectivity index (χ1n) is 9.67. The Morgan fingerprint density at radius 1 is 0.966 bits per heavy atom. The zero-order valence-electron chi connectivity index (χ0n) is 16.7. The number of carbonyl (C=O) groups is 2. The summed E-state index contributed by atoms with van der Waals surface area (Å²) in [5, 5.41) is 0. The fraction of sp³-hybridized carbons (Fsp3) is 0.318. The zero-order valence-corrected chi connectivity index (χ0v) is 16.7. The van der Waals surface area contributed by atoms with E-state index in [4.69, 9.17) is 4.74 Å². The molecule has 3 heterocycles. The number of hydrogen-bond donors (Lipinski definition) is 0. The van der Waals surface area contributed by atoms with Crippen molar-refractivity contribution < 1.29 is 14.3 Å². The molecule has 0 N–H and O–H groups in total. The standard InChI is InChI=1S/C22H24N4O3/c1-24-11-13-25(14-12-24)20-19(16-6-8-18(29-2)9-7-16)21(27)26(22(20)28)15-17-5-3-4-10-23-17/h3-10H,11-15H2,1-2H3. The van der Waals surface area contributed by atoms with Crippen LogP contribution in [0.3, 0.4) is 0 Å². The Kier molecular flexibility index (Phi) is 5.31. The van der Waals surface area contributed by atoms with Gasteiger partial charge < -0.3 is 14.5 Å². The monoisotopic (exact) mass is 392 g/mol. The molecule has 1 fully saturated rings. The predicted molar refractivity (Wildman–Crippen MR) is 109 cm³/mol. The van der Waals surface area contributed by atoms with Gasteiger partial charge in [0.25, 0.3) is 11.8 Å². The summed E-state index contributed by atoms with van der Waals surface area (Å²) in [4.78, 5) is 36.5. The van der Waals surface area contributed by atoms with E-state index >= 15 is 0 Å². The second kappa shape index (κ2) is 8.05. The van der Waals surface area contributed by atoms with Crippen LogP contribution >= 0.6 is 0 Å². The maximum absolute atomic E-state index is 13.3. The van der Waals surface area contributed by atoms with Crippen molar-refractivity contribution in [3.05, 3.63) is 65.6 Å². The van der Waals surface area contributed by atoms with Crippen LogP contribution in [0.25, 0.3) is 5.57 Å². The van der Waals surface area contributed by atoms with E-state index in [0.717, 1.165) is 18.7 Å². The summed E-state index contributed by atoms with van der Waals surface area (Å²) in [6.45, 7) is 3.28. The third-order valence-electron chi connectivity index (χ3n) is 5.39. The summed E-state index contributed by atoms with van der Waals surface area (Å²) >= 11 is 0. The van der Waals surface area contributed by atoms with Gasteiger partial charge in [-0.15, -0.1) is 0 Å². The lowest BCUT2D eigenvalue weighted by atomic mass is 10.0. The Balaban J connectivity index is 1.72. The van der Waals surface area contributed by atoms with Gasteiger partial charge in [-0.1, -0.05) is 18.2 Å². The molecule has 0 spiro atoms. The van der Waals surface area contributed by atoms with Crippen molar-refractivity contribution in [3.8, 4) is 5.75 Å². The van der Waals surface area contributed by atoms with Gasteiger partial charge in [0.2, 0.25) is 0 Å². The first-order chi connectivity index (χ1) is 14.1. The molecule has 0 bridgehead atoms. The van der Waals surface area contributed by atoms with Gasteiger partial charge in [-0.25, -0.2) is 0 Å². The largest absolute Gasteiger partial charge is 0.497 e. The van der Waals surface area contributed by atoms with Crippen molar-refractivity contribution in [1.82, 2.24) is 19.7 Å². The summed E-state index contributed by atoms with van der Waals surface area (Å²) in [6.07, 6.45) is 1.67. The minimum absolute atomic E-state index is 0.162. The fourth-order valence-electron chi connectivity index (χ4n) is 3.70. The summed E-state index contributed by atoms with van der Waals surface area (Å²) < 4.78 is 5.23. The number of likely N-dealkylation sites (N-methyl/N-ethyl adjacent to an activating group) is 1. The molecule has 150 valence electrons. The first kappa shape index (κ1) is 19.1. The zero-order chi connectivity index (χ0) is 20.4. The highest BCUT2D eigenvalue weighted by Crippen LogP contribution is 2.33. The van der Waals surface area contributed by atoms with Crippen LogP contribution in [-0.2, 0) is 16.1 Å². The quantitative estimate of drug-likeness (QED) is 0.721. The van der Waals surface area contributed by atoms with Crippen LogP contribution in [0.2, 0.25) is 0 Å². The van der Waals surface area contributed by atoms with Gasteiger partial charge in [0.15, 0.2) is 0 Å². The minimum Gasteiger partial charge on any atom is -0.497 e. The topological polar surface area (TPSA) is 66.0 Å². The second-order valence-corrected chi connectivity index (χ2v) is 7.26. The number of amides is 2. The number of ether oxygens (including phenoxy) is 1. The number of hydrogen-bond acceptors (Lipinski definition) is 6. The van der Waals surface area contributed by atoms with Gasteiger partial charge in [0, 0.05) is 32.4 Å². The van der Waals surface area contributed by atoms with Crippen LogP contribution in [0.1, 0.15) is 11.3 Å². The molecule has 2 amide bonds. The second-order valence-electron chi connectivity index (χ2n) is 7.26. The summed E-state index contributed by atoms with van der Waals surface area (Å²) in [5.41, 5.74) is 2.35. The smallest absolute Gasteiger partial charge is 0.278 e. The Morgan fingerprint density at radius 3 is 2.31 bits per heavy atom. The molecule has 0 unspecified atom stereocenters. The molecule has 7 heteroatoms. The average Bonchev–Trinajstić information content (AvgIpc) is 3.00. The third-order valence-corrected chi connectivity index (χ3v) is 5.39. The summed E-state index contributed by atoms with van der Waals surface area (Å²) in [7, 11) is 3.66. The van der Waals surface area contributed by atoms with E-state index in [-0.39, 0.29) is 18.4 Å². The number of benzene rings is 1. The van der Waals surface area contributed by atoms with E-state index in [0.29, 0.717) is 35.8 Å². The van der Waals surface area contributed by atoms with Gasteiger partial charge in [-0.05, 0) is 36.9 Å². The maximum Gasteiger partial charge on any atom is 0.278 e. The van der Waals surface area contributed by atoms with Gasteiger partial charge in [0.05, 0.1) is 24.9 Å². The van der Waals surface area contributed by atoms with E-state index in [1.165, 1.54) is 4.90 Å². The molecule has 1 aromatic heterocycles. The first-order valence-corrected chi connectivity index (χ1v) is 9.67. The van der Waals surface area contributed by atoms with Crippen molar-refractivity contribution in [2.24, 2.45) is 0 Å². The molecular formula is C22H24N4O3. The van der Waals surface area contributed by atoms with Gasteiger partial charge in [-0.3, -0.25) is 19.5 Å². The highest BCUT2D eigenvalue weighted by Gasteiger charge is 2.42. The number of rotatable bonds is 5. The van der Waals surface area contributed by atoms with E-state index < -0.39 is 0 Å². The van der Waals surface area contributed by atoms with Crippen molar-refractivity contribution >= 4 is 17.4 Å². The summed E-state index contributed by atoms with van der Waals surface area (Å²) in [6, 6.07) is 12.8. The lowest BCUT2D eigenvalue weighted by Crippen LogP contribution is -2.46. The average molecular weight is 392 g/mol. The van der Waals surface area contributed by atoms with Crippen LogP contribution in [-0.4, -0.2) is 71.8 Å². The Bertz CT molecular complexity index is 932. The number of imide groups is 1. The number of aromatic nitrogens is 1. The molecule has 29 heavy (non-hydrogen) atoms. The SMILES string of the molecule is COc1ccc(C2=C(N3CCN(C)CC3)C(=O)N(Cc3ccccn3)C2=O)cc1. The Labute approximate surface area is 170 Å². The number of carbonyl (C=O) groups excluding carboxylic acids is 2. The molecular weight excluding hydrogens is 368 g/mol. The molecule has 0 radical (unpaired) electrons. The van der Waals surface area contributed by atoms with Crippen molar-refractivity contribution in [3.63, 3.8) is 0 Å². The van der Waals surface area contributed by atoms with Gasteiger partial charge >= 0.3 is 0 Å². The van der Waals surface area contributed by atoms with Crippen molar-refractivity contribution in [2.45, 2.75) is 6.54 Å². The molecule has 0 aliphatic carbocycles. The van der Waals surface area contributed by atoms with Crippen LogP contribution < -0.4 is 4.74 Å². The van der Waals surface area contributed by atoms with E-state index in [1.54, 1.807) is 13.3 Å². The number of methoxy groups -OCH3 is 1. The molecule has 1 saturated heterocycles. The number of nitrogens with zero attached hydrogens (tertiary/aromatic N) is 4. The third kappa shape index (κ3) is 3.73. The van der Waals surface area contributed by atoms with Gasteiger partial charge in [0.1, 0.15) is 11.4 Å². The highest BCUT2D eigenvalue weighted by molar-refractivity contribution is 6.35. The molecule has 4 rings (SSSR count). The minimum atomic E-state index is -0.278. The molecule has 2 aliphatic rings. The molecule has 2 aliphatic heterocycles. The Morgan fingerprint density at radius 2 is 1.69 bits per heavy atom. The van der Waals surface area contributed by atoms with E-state index in [1.807, 2.05) is 47.4 Å². The number of pyridine rings is 1. The van der Waals surface area contributed by atoms with Crippen LogP contribution in [0.4, 0.5) is 0 Å². The lowest BCUT2D eigenvalue weighted by Gasteiger charge is -2.34. The number of piperazine rings is 1. The lowest BCUT2D eigenvalue weighted by molar-refractivity contribution is -0.138. The van der Waals surface area contributed by atoms with Gasteiger partial charge in [-0.2, -0.15) is 0 Å². The maximum atomic E-state index is 13.3. The highest BCUT2D eigenvalue weighted by atomic mass is 16.5. The van der Waals surface area contributed by atoms with E-state index in [9.17, 15) is 9.59 Å². The molecule has 0 saturated carbocycles. The summed E-state index contributed by atoms with van der Waals surface area (Å²) in [5.74, 6) is 0.174. The Hall–Kier alpha value is -3.19. The molecule has 2 aromatic rings. The molecule has 1 aromatic carbocycles. The normalized spacial score (nSPS) is 18.0. The molecule has 0 atom stereocenters. The van der Waals surface area contributed by atoms with Crippen LogP contribution in [0.15, 0.2) is 54.4 Å². The fourth-order valence-corrected chi connectivity index (χ4v) is 3.70. The van der Waals surface area contributed by atoms with Crippen LogP contribution in [0.5, 0.6) is 5.75 Å². The van der Waals surface area contributed by atoms with Crippen molar-refractivity contribution in [2.75, 3.05) is 40.3 Å². The van der Waals surface area contributed by atoms with E-state index in [2.05, 4.69) is 16.9 Å². The predicted octanol–water partition coefficient (Wildman–Crippen LogP) is 1.62. The van der Waals surface area contributed by atoms with Crippen molar-refractivity contribution in [1.29, 1.82) is 0 Å².